The summed E-state index contributed by atoms with van der Waals surface area (Å²) >= 11 is 0. The molecular formula is C19H20N2O2. The van der Waals surface area contributed by atoms with Crippen LogP contribution in [0.15, 0.2) is 42.5 Å². The Hall–Kier alpha value is -2.62. The third-order valence-electron chi connectivity index (χ3n) is 3.92. The molecule has 2 aromatic carbocycles. The number of aliphatic carboxylic acids is 1. The molecule has 0 fully saturated rings. The molecule has 0 saturated carbocycles. The molecule has 4 heteroatoms. The van der Waals surface area contributed by atoms with Gasteiger partial charge in [-0.3, -0.25) is 4.79 Å². The van der Waals surface area contributed by atoms with Crippen molar-refractivity contribution in [2.45, 2.75) is 33.2 Å². The third kappa shape index (κ3) is 3.11. The van der Waals surface area contributed by atoms with Crippen LogP contribution >= 0.6 is 0 Å². The predicted molar refractivity (Wildman–Crippen MR) is 91.5 cm³/mol. The van der Waals surface area contributed by atoms with Gasteiger partial charge in [-0.05, 0) is 31.0 Å². The first-order chi connectivity index (χ1) is 11.1. The zero-order chi connectivity index (χ0) is 16.4. The van der Waals surface area contributed by atoms with Crippen LogP contribution in [0, 0.1) is 6.92 Å². The Morgan fingerprint density at radius 1 is 1.17 bits per heavy atom. The summed E-state index contributed by atoms with van der Waals surface area (Å²) in [6.07, 6.45) is 1.04. The van der Waals surface area contributed by atoms with E-state index >= 15 is 0 Å². The molecule has 0 saturated heterocycles. The van der Waals surface area contributed by atoms with E-state index in [-0.39, 0.29) is 6.42 Å². The van der Waals surface area contributed by atoms with Crippen LogP contribution in [0.25, 0.3) is 22.4 Å². The smallest absolute Gasteiger partial charge is 0.307 e. The van der Waals surface area contributed by atoms with Crippen molar-refractivity contribution in [1.29, 1.82) is 0 Å². The fourth-order valence-electron chi connectivity index (χ4n) is 2.83. The highest BCUT2D eigenvalue weighted by Crippen LogP contribution is 2.26. The van der Waals surface area contributed by atoms with Gasteiger partial charge in [0.15, 0.2) is 0 Å². The second-order valence-corrected chi connectivity index (χ2v) is 5.85. The second-order valence-electron chi connectivity index (χ2n) is 5.85. The van der Waals surface area contributed by atoms with Gasteiger partial charge in [0.2, 0.25) is 0 Å². The van der Waals surface area contributed by atoms with Crippen molar-refractivity contribution < 1.29 is 9.90 Å². The van der Waals surface area contributed by atoms with Crippen molar-refractivity contribution in [3.63, 3.8) is 0 Å². The molecular weight excluding hydrogens is 288 g/mol. The number of imidazole rings is 1. The summed E-state index contributed by atoms with van der Waals surface area (Å²) in [6.45, 7) is 5.10. The van der Waals surface area contributed by atoms with Crippen LogP contribution in [0.4, 0.5) is 0 Å². The zero-order valence-corrected chi connectivity index (χ0v) is 13.4. The van der Waals surface area contributed by atoms with Crippen LogP contribution in [-0.2, 0) is 17.8 Å². The minimum absolute atomic E-state index is 0.0242. The molecule has 0 aliphatic rings. The lowest BCUT2D eigenvalue weighted by atomic mass is 10.1. The van der Waals surface area contributed by atoms with E-state index in [1.165, 1.54) is 5.56 Å². The van der Waals surface area contributed by atoms with Gasteiger partial charge >= 0.3 is 5.97 Å². The number of carbonyl (C=O) groups is 1. The maximum atomic E-state index is 10.9. The lowest BCUT2D eigenvalue weighted by Gasteiger charge is -2.08. The number of fused-ring (bicyclic) bond motifs is 1. The normalized spacial score (nSPS) is 11.0. The Morgan fingerprint density at radius 2 is 1.91 bits per heavy atom. The average Bonchev–Trinajstić information content (AvgIpc) is 2.86. The Balaban J connectivity index is 2.14. The number of hydrogen-bond acceptors (Lipinski definition) is 2. The van der Waals surface area contributed by atoms with Crippen molar-refractivity contribution in [3.8, 4) is 11.4 Å². The summed E-state index contributed by atoms with van der Waals surface area (Å²) in [4.78, 5) is 15.7. The van der Waals surface area contributed by atoms with Crippen LogP contribution < -0.4 is 0 Å². The standard InChI is InChI=1S/C19H20N2O2/c1-3-10-21-17-9-6-14(12-18(22)23)11-16(17)20-19(21)15-7-4-13(2)5-8-15/h4-9,11H,3,10,12H2,1-2H3,(H,22,23). The Morgan fingerprint density at radius 3 is 2.57 bits per heavy atom. The third-order valence-corrected chi connectivity index (χ3v) is 3.92. The van der Waals surface area contributed by atoms with Crippen LogP contribution in [0.5, 0.6) is 0 Å². The molecule has 23 heavy (non-hydrogen) atoms. The Labute approximate surface area is 135 Å². The molecule has 0 aliphatic heterocycles. The molecule has 3 aromatic rings. The Bertz CT molecular complexity index is 848. The van der Waals surface area contributed by atoms with E-state index in [0.29, 0.717) is 0 Å². The van der Waals surface area contributed by atoms with Crippen LogP contribution in [0.3, 0.4) is 0 Å². The monoisotopic (exact) mass is 308 g/mol. The highest BCUT2D eigenvalue weighted by Gasteiger charge is 2.13. The second kappa shape index (κ2) is 6.24. The van der Waals surface area contributed by atoms with Crippen LogP contribution in [0.2, 0.25) is 0 Å². The summed E-state index contributed by atoms with van der Waals surface area (Å²) < 4.78 is 2.21. The summed E-state index contributed by atoms with van der Waals surface area (Å²) in [7, 11) is 0. The lowest BCUT2D eigenvalue weighted by molar-refractivity contribution is -0.136. The van der Waals surface area contributed by atoms with E-state index in [9.17, 15) is 4.79 Å². The fraction of sp³-hybridized carbons (Fsp3) is 0.263. The largest absolute Gasteiger partial charge is 0.481 e. The number of aromatic nitrogens is 2. The van der Waals surface area contributed by atoms with Crippen molar-refractivity contribution in [3.05, 3.63) is 53.6 Å². The summed E-state index contributed by atoms with van der Waals surface area (Å²) in [6, 6.07) is 14.1. The van der Waals surface area contributed by atoms with Gasteiger partial charge < -0.3 is 9.67 Å². The quantitative estimate of drug-likeness (QED) is 0.773. The molecule has 0 unspecified atom stereocenters. The van der Waals surface area contributed by atoms with Gasteiger partial charge in [-0.25, -0.2) is 4.98 Å². The van der Waals surface area contributed by atoms with Crippen LogP contribution in [0.1, 0.15) is 24.5 Å². The molecule has 1 aromatic heterocycles. The minimum atomic E-state index is -0.823. The summed E-state index contributed by atoms with van der Waals surface area (Å²) in [5, 5.41) is 8.96. The van der Waals surface area contributed by atoms with E-state index in [2.05, 4.69) is 42.7 Å². The molecule has 0 bridgehead atoms. The molecule has 0 spiro atoms. The van der Waals surface area contributed by atoms with E-state index in [4.69, 9.17) is 10.1 Å². The lowest BCUT2D eigenvalue weighted by Crippen LogP contribution is -2.01. The molecule has 0 aliphatic carbocycles. The number of benzene rings is 2. The number of carboxylic acids is 1. The SMILES string of the molecule is CCCn1c(-c2ccc(C)cc2)nc2cc(CC(=O)O)ccc21. The van der Waals surface area contributed by atoms with Crippen molar-refractivity contribution in [2.24, 2.45) is 0 Å². The highest BCUT2D eigenvalue weighted by atomic mass is 16.4. The van der Waals surface area contributed by atoms with E-state index in [1.807, 2.05) is 18.2 Å². The van der Waals surface area contributed by atoms with E-state index < -0.39 is 5.97 Å². The van der Waals surface area contributed by atoms with Gasteiger partial charge in [-0.15, -0.1) is 0 Å². The summed E-state index contributed by atoms with van der Waals surface area (Å²) in [5.41, 5.74) is 4.99. The minimum Gasteiger partial charge on any atom is -0.481 e. The maximum absolute atomic E-state index is 10.9. The first kappa shape index (κ1) is 15.3. The van der Waals surface area contributed by atoms with Gasteiger partial charge in [0.25, 0.3) is 0 Å². The van der Waals surface area contributed by atoms with E-state index in [1.54, 1.807) is 0 Å². The van der Waals surface area contributed by atoms with Crippen molar-refractivity contribution in [1.82, 2.24) is 9.55 Å². The average molecular weight is 308 g/mol. The van der Waals surface area contributed by atoms with Gasteiger partial charge in [0, 0.05) is 12.1 Å². The molecule has 118 valence electrons. The molecule has 3 rings (SSSR count). The summed E-state index contributed by atoms with van der Waals surface area (Å²) in [5.74, 6) is 0.116. The number of nitrogens with zero attached hydrogens (tertiary/aromatic N) is 2. The molecule has 4 nitrogen and oxygen atoms in total. The molecule has 0 atom stereocenters. The fourth-order valence-corrected chi connectivity index (χ4v) is 2.83. The molecule has 1 N–H and O–H groups in total. The Kier molecular flexibility index (Phi) is 4.15. The predicted octanol–water partition coefficient (Wildman–Crippen LogP) is 4.05. The van der Waals surface area contributed by atoms with E-state index in [0.717, 1.165) is 41.0 Å². The number of carboxylic acid groups (broad SMARTS) is 1. The molecule has 0 radical (unpaired) electrons. The topological polar surface area (TPSA) is 55.1 Å². The highest BCUT2D eigenvalue weighted by molar-refractivity contribution is 5.82. The first-order valence-electron chi connectivity index (χ1n) is 7.86. The van der Waals surface area contributed by atoms with Crippen molar-refractivity contribution in [2.75, 3.05) is 0 Å². The number of hydrogen-bond donors (Lipinski definition) is 1. The number of rotatable bonds is 5. The number of aryl methyl sites for hydroxylation is 2. The maximum Gasteiger partial charge on any atom is 0.307 e. The first-order valence-corrected chi connectivity index (χ1v) is 7.86. The van der Waals surface area contributed by atoms with Gasteiger partial charge in [0.1, 0.15) is 5.82 Å². The molecule has 0 amide bonds. The van der Waals surface area contributed by atoms with Gasteiger partial charge in [-0.1, -0.05) is 42.8 Å². The van der Waals surface area contributed by atoms with Gasteiger partial charge in [-0.2, -0.15) is 0 Å². The zero-order valence-electron chi connectivity index (χ0n) is 13.4. The van der Waals surface area contributed by atoms with Crippen molar-refractivity contribution >= 4 is 17.0 Å². The van der Waals surface area contributed by atoms with Crippen LogP contribution in [-0.4, -0.2) is 20.6 Å². The van der Waals surface area contributed by atoms with Gasteiger partial charge in [0.05, 0.1) is 17.5 Å². The molecule has 1 heterocycles.